The van der Waals surface area contributed by atoms with Crippen molar-refractivity contribution in [3.63, 3.8) is 0 Å². The molecule has 0 unspecified atom stereocenters. The third-order valence-electron chi connectivity index (χ3n) is 4.19. The maximum atomic E-state index is 12.7. The molecule has 0 radical (unpaired) electrons. The highest BCUT2D eigenvalue weighted by molar-refractivity contribution is 7.90. The Bertz CT molecular complexity index is 1100. The number of anilines is 1. The van der Waals surface area contributed by atoms with Gasteiger partial charge in [-0.05, 0) is 54.4 Å². The Hall–Kier alpha value is -2.90. The fraction of sp³-hybridized carbons (Fsp3) is 0.143. The number of sulfone groups is 1. The first-order valence-electron chi connectivity index (χ1n) is 8.85. The minimum absolute atomic E-state index is 0.163. The van der Waals surface area contributed by atoms with Crippen LogP contribution in [0.2, 0.25) is 5.02 Å². The molecule has 0 saturated heterocycles. The molecule has 0 bridgehead atoms. The number of amides is 2. The van der Waals surface area contributed by atoms with Crippen LogP contribution in [0.4, 0.5) is 10.5 Å². The van der Waals surface area contributed by atoms with Gasteiger partial charge >= 0.3 is 6.03 Å². The van der Waals surface area contributed by atoms with Gasteiger partial charge in [0.15, 0.2) is 9.84 Å². The first kappa shape index (κ1) is 20.8. The van der Waals surface area contributed by atoms with Crippen LogP contribution in [0.5, 0.6) is 0 Å². The molecule has 0 atom stereocenters. The second-order valence-corrected chi connectivity index (χ2v) is 8.94. The SMILES string of the molecule is Cc1ccc(Cl)c(CS(=O)(=O)c2ccc(NC(=O)NCc3cccnc3)cc2)c1. The van der Waals surface area contributed by atoms with Gasteiger partial charge in [-0.15, -0.1) is 0 Å². The van der Waals surface area contributed by atoms with Crippen LogP contribution in [0, 0.1) is 6.92 Å². The lowest BCUT2D eigenvalue weighted by molar-refractivity contribution is 0.251. The van der Waals surface area contributed by atoms with E-state index < -0.39 is 15.9 Å². The molecule has 0 aliphatic heterocycles. The van der Waals surface area contributed by atoms with Crippen molar-refractivity contribution in [3.05, 3.63) is 88.7 Å². The summed E-state index contributed by atoms with van der Waals surface area (Å²) in [4.78, 5) is 16.1. The first-order valence-corrected chi connectivity index (χ1v) is 10.9. The van der Waals surface area contributed by atoms with E-state index in [0.29, 0.717) is 22.8 Å². The molecular formula is C21H20ClN3O3S. The Morgan fingerprint density at radius 1 is 1.10 bits per heavy atom. The molecule has 3 aromatic rings. The predicted molar refractivity (Wildman–Crippen MR) is 114 cm³/mol. The molecule has 0 spiro atoms. The lowest BCUT2D eigenvalue weighted by Gasteiger charge is -2.10. The van der Waals surface area contributed by atoms with E-state index in [1.54, 1.807) is 42.7 Å². The van der Waals surface area contributed by atoms with Crippen molar-refractivity contribution >= 4 is 33.2 Å². The standard InChI is InChI=1S/C21H20ClN3O3S/c1-15-4-9-20(22)17(11-15)14-29(27,28)19-7-5-18(6-8-19)25-21(26)24-13-16-3-2-10-23-12-16/h2-12H,13-14H2,1H3,(H2,24,25,26). The summed E-state index contributed by atoms with van der Waals surface area (Å²) < 4.78 is 25.4. The van der Waals surface area contributed by atoms with Crippen LogP contribution < -0.4 is 10.6 Å². The Kier molecular flexibility index (Phi) is 6.51. The fourth-order valence-electron chi connectivity index (χ4n) is 2.71. The maximum absolute atomic E-state index is 12.7. The molecule has 1 heterocycles. The molecule has 2 N–H and O–H groups in total. The zero-order chi connectivity index (χ0) is 20.9. The van der Waals surface area contributed by atoms with E-state index in [9.17, 15) is 13.2 Å². The molecule has 2 amide bonds. The lowest BCUT2D eigenvalue weighted by atomic mass is 10.2. The minimum atomic E-state index is -3.56. The summed E-state index contributed by atoms with van der Waals surface area (Å²) >= 11 is 6.12. The van der Waals surface area contributed by atoms with Crippen LogP contribution in [0.3, 0.4) is 0 Å². The molecule has 0 saturated carbocycles. The molecular weight excluding hydrogens is 410 g/mol. The number of benzene rings is 2. The van der Waals surface area contributed by atoms with Crippen LogP contribution in [-0.2, 0) is 22.1 Å². The van der Waals surface area contributed by atoms with Gasteiger partial charge in [-0.2, -0.15) is 0 Å². The Labute approximate surface area is 174 Å². The normalized spacial score (nSPS) is 11.1. The molecule has 29 heavy (non-hydrogen) atoms. The van der Waals surface area contributed by atoms with Crippen LogP contribution in [0.25, 0.3) is 0 Å². The van der Waals surface area contributed by atoms with Crippen LogP contribution in [0.1, 0.15) is 16.7 Å². The van der Waals surface area contributed by atoms with Gasteiger partial charge in [0.25, 0.3) is 0 Å². The summed E-state index contributed by atoms with van der Waals surface area (Å²) in [5, 5.41) is 5.80. The zero-order valence-corrected chi connectivity index (χ0v) is 17.3. The predicted octanol–water partition coefficient (Wildman–Crippen LogP) is 4.34. The van der Waals surface area contributed by atoms with Gasteiger partial charge in [0.2, 0.25) is 0 Å². The van der Waals surface area contributed by atoms with Crippen molar-refractivity contribution in [1.29, 1.82) is 0 Å². The van der Waals surface area contributed by atoms with Gasteiger partial charge in [-0.3, -0.25) is 4.98 Å². The van der Waals surface area contributed by atoms with Crippen molar-refractivity contribution < 1.29 is 13.2 Å². The van der Waals surface area contributed by atoms with E-state index in [1.165, 1.54) is 12.1 Å². The summed E-state index contributed by atoms with van der Waals surface area (Å²) in [7, 11) is -3.56. The average Bonchev–Trinajstić information content (AvgIpc) is 2.70. The van der Waals surface area contributed by atoms with E-state index in [4.69, 9.17) is 11.6 Å². The Morgan fingerprint density at radius 2 is 1.86 bits per heavy atom. The molecule has 150 valence electrons. The second-order valence-electron chi connectivity index (χ2n) is 6.55. The number of aromatic nitrogens is 1. The zero-order valence-electron chi connectivity index (χ0n) is 15.7. The van der Waals surface area contributed by atoms with Gasteiger partial charge in [0, 0.05) is 29.6 Å². The number of hydrogen-bond acceptors (Lipinski definition) is 4. The third kappa shape index (κ3) is 5.79. The minimum Gasteiger partial charge on any atom is -0.334 e. The molecule has 8 heteroatoms. The van der Waals surface area contributed by atoms with Crippen molar-refractivity contribution in [2.75, 3.05) is 5.32 Å². The van der Waals surface area contributed by atoms with Crippen molar-refractivity contribution in [2.24, 2.45) is 0 Å². The third-order valence-corrected chi connectivity index (χ3v) is 6.24. The van der Waals surface area contributed by atoms with E-state index in [-0.39, 0.29) is 10.6 Å². The molecule has 0 aliphatic rings. The number of halogens is 1. The van der Waals surface area contributed by atoms with Crippen molar-refractivity contribution in [1.82, 2.24) is 10.3 Å². The fourth-order valence-corrected chi connectivity index (χ4v) is 4.34. The van der Waals surface area contributed by atoms with E-state index in [0.717, 1.165) is 11.1 Å². The molecule has 1 aromatic heterocycles. The number of pyridine rings is 1. The monoisotopic (exact) mass is 429 g/mol. The highest BCUT2D eigenvalue weighted by Gasteiger charge is 2.17. The van der Waals surface area contributed by atoms with Gasteiger partial charge < -0.3 is 10.6 Å². The smallest absolute Gasteiger partial charge is 0.319 e. The topological polar surface area (TPSA) is 88.2 Å². The highest BCUT2D eigenvalue weighted by Crippen LogP contribution is 2.24. The number of carbonyl (C=O) groups is 1. The van der Waals surface area contributed by atoms with Crippen LogP contribution in [0.15, 0.2) is 71.9 Å². The molecule has 6 nitrogen and oxygen atoms in total. The molecule has 0 fully saturated rings. The first-order chi connectivity index (χ1) is 13.8. The average molecular weight is 430 g/mol. The van der Waals surface area contributed by atoms with E-state index in [1.807, 2.05) is 19.1 Å². The lowest BCUT2D eigenvalue weighted by Crippen LogP contribution is -2.28. The Balaban J connectivity index is 1.63. The number of hydrogen-bond donors (Lipinski definition) is 2. The van der Waals surface area contributed by atoms with E-state index in [2.05, 4.69) is 15.6 Å². The number of urea groups is 1. The maximum Gasteiger partial charge on any atom is 0.319 e. The molecule has 3 rings (SSSR count). The van der Waals surface area contributed by atoms with Gasteiger partial charge in [0.1, 0.15) is 0 Å². The number of carbonyl (C=O) groups excluding carboxylic acids is 1. The van der Waals surface area contributed by atoms with Crippen LogP contribution in [-0.4, -0.2) is 19.4 Å². The summed E-state index contributed by atoms with van der Waals surface area (Å²) in [5.41, 5.74) is 2.86. The highest BCUT2D eigenvalue weighted by atomic mass is 35.5. The quantitative estimate of drug-likeness (QED) is 0.610. The number of nitrogens with zero attached hydrogens (tertiary/aromatic N) is 1. The summed E-state index contributed by atoms with van der Waals surface area (Å²) in [5.74, 6) is -0.189. The Morgan fingerprint density at radius 3 is 2.55 bits per heavy atom. The van der Waals surface area contributed by atoms with Gasteiger partial charge in [0.05, 0.1) is 10.6 Å². The number of aryl methyl sites for hydroxylation is 1. The summed E-state index contributed by atoms with van der Waals surface area (Å²) in [6.45, 7) is 2.22. The largest absolute Gasteiger partial charge is 0.334 e. The van der Waals surface area contributed by atoms with Crippen molar-refractivity contribution in [3.8, 4) is 0 Å². The molecule has 0 aliphatic carbocycles. The number of rotatable bonds is 6. The second kappa shape index (κ2) is 9.07. The summed E-state index contributed by atoms with van der Waals surface area (Å²) in [6.07, 6.45) is 3.33. The van der Waals surface area contributed by atoms with E-state index >= 15 is 0 Å². The molecule has 2 aromatic carbocycles. The van der Waals surface area contributed by atoms with Gasteiger partial charge in [-0.25, -0.2) is 13.2 Å². The van der Waals surface area contributed by atoms with Crippen LogP contribution >= 0.6 is 11.6 Å². The number of nitrogens with one attached hydrogen (secondary N) is 2. The van der Waals surface area contributed by atoms with Crippen molar-refractivity contribution in [2.45, 2.75) is 24.1 Å². The van der Waals surface area contributed by atoms with Gasteiger partial charge in [-0.1, -0.05) is 35.4 Å². The summed E-state index contributed by atoms with van der Waals surface area (Å²) in [6, 6.07) is 14.6.